The van der Waals surface area contributed by atoms with Crippen molar-refractivity contribution < 1.29 is 22.7 Å². The van der Waals surface area contributed by atoms with Crippen LogP contribution in [0.5, 0.6) is 5.75 Å². The van der Waals surface area contributed by atoms with Crippen molar-refractivity contribution >= 4 is 6.29 Å². The minimum atomic E-state index is -4.76. The normalized spacial score (nSPS) is 10.1. The summed E-state index contributed by atoms with van der Waals surface area (Å²) in [5.41, 5.74) is 2.12. The molecule has 1 aromatic rings. The molecule has 0 amide bonds. The smallest absolute Gasteiger partial charge is 0.405 e. The van der Waals surface area contributed by atoms with Gasteiger partial charge in [0.2, 0.25) is 0 Å². The number of aldehydes is 1. The number of carbonyl (C=O) groups excluding carboxylic acids is 1. The van der Waals surface area contributed by atoms with E-state index in [1.54, 1.807) is 7.05 Å². The first-order chi connectivity index (χ1) is 7.44. The summed E-state index contributed by atoms with van der Waals surface area (Å²) in [6.45, 7) is 0. The lowest BCUT2D eigenvalue weighted by molar-refractivity contribution is -0.274. The van der Waals surface area contributed by atoms with Crippen LogP contribution in [0.3, 0.4) is 0 Å². The number of halogens is 3. The molecule has 0 heterocycles. The predicted octanol–water partition coefficient (Wildman–Crippen LogP) is 1.48. The summed E-state index contributed by atoms with van der Waals surface area (Å²) in [5, 5.41) is 0. The van der Waals surface area contributed by atoms with Gasteiger partial charge in [0.1, 0.15) is 5.75 Å². The first kappa shape index (κ1) is 14.4. The number of alkyl halides is 3. The van der Waals surface area contributed by atoms with Gasteiger partial charge in [-0.1, -0.05) is 12.1 Å². The van der Waals surface area contributed by atoms with Gasteiger partial charge in [0.25, 0.3) is 0 Å². The third-order valence-corrected chi connectivity index (χ3v) is 1.27. The number of nitrogens with one attached hydrogen (secondary N) is 1. The molecule has 16 heavy (non-hydrogen) atoms. The standard InChI is InChI=1S/C8H5F3O2.CH6N2/c9-8(10,11)13-7-4-2-1-3-6(7)5-12;1-3-2/h1-5H;3H,2H2,1H3. The molecule has 0 aliphatic carbocycles. The molecule has 7 heteroatoms. The Bertz CT molecular complexity index is 329. The highest BCUT2D eigenvalue weighted by atomic mass is 19.4. The SMILES string of the molecule is CNN.O=Cc1ccccc1OC(F)(F)F. The van der Waals surface area contributed by atoms with Crippen LogP contribution in [-0.2, 0) is 0 Å². The molecule has 0 aliphatic heterocycles. The predicted molar refractivity (Wildman–Crippen MR) is 51.8 cm³/mol. The van der Waals surface area contributed by atoms with E-state index < -0.39 is 12.1 Å². The highest BCUT2D eigenvalue weighted by Crippen LogP contribution is 2.24. The van der Waals surface area contributed by atoms with Crippen molar-refractivity contribution in [2.45, 2.75) is 6.36 Å². The molecule has 0 unspecified atom stereocenters. The molecule has 3 N–H and O–H groups in total. The Morgan fingerprint density at radius 3 is 2.31 bits per heavy atom. The van der Waals surface area contributed by atoms with Crippen LogP contribution in [-0.4, -0.2) is 19.7 Å². The van der Waals surface area contributed by atoms with E-state index in [0.717, 1.165) is 6.07 Å². The van der Waals surface area contributed by atoms with Crippen molar-refractivity contribution in [2.75, 3.05) is 7.05 Å². The monoisotopic (exact) mass is 236 g/mol. The third kappa shape index (κ3) is 5.99. The molecule has 0 bridgehead atoms. The van der Waals surface area contributed by atoms with E-state index in [1.807, 2.05) is 0 Å². The van der Waals surface area contributed by atoms with Gasteiger partial charge < -0.3 is 4.74 Å². The van der Waals surface area contributed by atoms with E-state index in [-0.39, 0.29) is 5.56 Å². The summed E-state index contributed by atoms with van der Waals surface area (Å²) in [7, 11) is 1.65. The Balaban J connectivity index is 0.000000673. The molecular weight excluding hydrogens is 225 g/mol. The molecule has 0 spiro atoms. The average Bonchev–Trinajstić information content (AvgIpc) is 2.17. The van der Waals surface area contributed by atoms with Gasteiger partial charge in [-0.15, -0.1) is 13.2 Å². The number of benzene rings is 1. The van der Waals surface area contributed by atoms with Gasteiger partial charge in [0.15, 0.2) is 6.29 Å². The molecule has 0 saturated heterocycles. The number of hydrazine groups is 1. The van der Waals surface area contributed by atoms with Crippen molar-refractivity contribution in [1.82, 2.24) is 5.43 Å². The number of para-hydroxylation sites is 1. The fourth-order valence-electron chi connectivity index (χ4n) is 0.796. The van der Waals surface area contributed by atoms with Crippen molar-refractivity contribution in [2.24, 2.45) is 5.84 Å². The number of hydrogen-bond acceptors (Lipinski definition) is 4. The van der Waals surface area contributed by atoms with E-state index in [1.165, 1.54) is 18.2 Å². The summed E-state index contributed by atoms with van der Waals surface area (Å²) in [6, 6.07) is 5.13. The maximum Gasteiger partial charge on any atom is 0.573 e. The summed E-state index contributed by atoms with van der Waals surface area (Å²) in [6.07, 6.45) is -4.46. The lowest BCUT2D eigenvalue weighted by Gasteiger charge is -2.09. The Hall–Kier alpha value is -1.60. The van der Waals surface area contributed by atoms with Crippen molar-refractivity contribution in [3.63, 3.8) is 0 Å². The molecule has 0 fully saturated rings. The van der Waals surface area contributed by atoms with Crippen LogP contribution in [0, 0.1) is 0 Å². The summed E-state index contributed by atoms with van der Waals surface area (Å²) >= 11 is 0. The second-order valence-electron chi connectivity index (χ2n) is 2.49. The Morgan fingerprint density at radius 2 is 1.88 bits per heavy atom. The molecule has 0 saturated carbocycles. The maximum atomic E-state index is 11.7. The van der Waals surface area contributed by atoms with Crippen molar-refractivity contribution in [3.05, 3.63) is 29.8 Å². The fraction of sp³-hybridized carbons (Fsp3) is 0.222. The zero-order valence-electron chi connectivity index (χ0n) is 8.41. The van der Waals surface area contributed by atoms with E-state index in [0.29, 0.717) is 6.29 Å². The quantitative estimate of drug-likeness (QED) is 0.463. The van der Waals surface area contributed by atoms with Crippen LogP contribution in [0.25, 0.3) is 0 Å². The van der Waals surface area contributed by atoms with Gasteiger partial charge in [-0.3, -0.25) is 16.1 Å². The lowest BCUT2D eigenvalue weighted by Crippen LogP contribution is -2.17. The number of carbonyl (C=O) groups is 1. The zero-order chi connectivity index (χ0) is 12.6. The second kappa shape index (κ2) is 6.81. The molecule has 0 radical (unpaired) electrons. The van der Waals surface area contributed by atoms with Gasteiger partial charge in [-0.05, 0) is 19.2 Å². The Morgan fingerprint density at radius 1 is 1.38 bits per heavy atom. The summed E-state index contributed by atoms with van der Waals surface area (Å²) in [4.78, 5) is 10.3. The highest BCUT2D eigenvalue weighted by Gasteiger charge is 2.31. The fourth-order valence-corrected chi connectivity index (χ4v) is 0.796. The number of hydrogen-bond donors (Lipinski definition) is 2. The van der Waals surface area contributed by atoms with Crippen LogP contribution < -0.4 is 16.0 Å². The molecule has 0 aliphatic rings. The minimum Gasteiger partial charge on any atom is -0.405 e. The first-order valence-electron chi connectivity index (χ1n) is 4.12. The molecule has 0 aromatic heterocycles. The van der Waals surface area contributed by atoms with Crippen LogP contribution >= 0.6 is 0 Å². The van der Waals surface area contributed by atoms with E-state index >= 15 is 0 Å². The zero-order valence-corrected chi connectivity index (χ0v) is 8.41. The molecular formula is C9H11F3N2O2. The highest BCUT2D eigenvalue weighted by molar-refractivity contribution is 5.79. The van der Waals surface area contributed by atoms with E-state index in [2.05, 4.69) is 16.0 Å². The van der Waals surface area contributed by atoms with Gasteiger partial charge in [0.05, 0.1) is 5.56 Å². The lowest BCUT2D eigenvalue weighted by atomic mass is 10.2. The first-order valence-corrected chi connectivity index (χ1v) is 4.12. The van der Waals surface area contributed by atoms with Gasteiger partial charge in [-0.2, -0.15) is 0 Å². The van der Waals surface area contributed by atoms with E-state index in [4.69, 9.17) is 0 Å². The van der Waals surface area contributed by atoms with Crippen LogP contribution in [0.4, 0.5) is 13.2 Å². The van der Waals surface area contributed by atoms with Gasteiger partial charge in [0, 0.05) is 0 Å². The van der Waals surface area contributed by atoms with Crippen LogP contribution in [0.1, 0.15) is 10.4 Å². The van der Waals surface area contributed by atoms with Crippen molar-refractivity contribution in [3.8, 4) is 5.75 Å². The largest absolute Gasteiger partial charge is 0.573 e. The molecule has 0 atom stereocenters. The number of nitrogens with two attached hydrogens (primary N) is 1. The molecule has 1 rings (SSSR count). The maximum absolute atomic E-state index is 11.7. The van der Waals surface area contributed by atoms with Crippen molar-refractivity contribution in [1.29, 1.82) is 0 Å². The Kier molecular flexibility index (Phi) is 6.12. The van der Waals surface area contributed by atoms with Gasteiger partial charge >= 0.3 is 6.36 Å². The van der Waals surface area contributed by atoms with Crippen LogP contribution in [0.2, 0.25) is 0 Å². The molecule has 90 valence electrons. The number of rotatable bonds is 2. The minimum absolute atomic E-state index is 0.125. The van der Waals surface area contributed by atoms with E-state index in [9.17, 15) is 18.0 Å². The second-order valence-corrected chi connectivity index (χ2v) is 2.49. The Labute approximate surface area is 90.2 Å². The number of ether oxygens (including phenoxy) is 1. The summed E-state index contributed by atoms with van der Waals surface area (Å²) in [5.74, 6) is 4.12. The average molecular weight is 236 g/mol. The molecule has 1 aromatic carbocycles. The molecule has 4 nitrogen and oxygen atoms in total. The van der Waals surface area contributed by atoms with Gasteiger partial charge in [-0.25, -0.2) is 0 Å². The topological polar surface area (TPSA) is 64.3 Å². The van der Waals surface area contributed by atoms with Crippen LogP contribution in [0.15, 0.2) is 24.3 Å². The third-order valence-electron chi connectivity index (χ3n) is 1.27. The summed E-state index contributed by atoms with van der Waals surface area (Å²) < 4.78 is 38.8.